The molecule has 1 aliphatic carbocycles. The highest BCUT2D eigenvalue weighted by atomic mass is 16.6. The lowest BCUT2D eigenvalue weighted by Gasteiger charge is -2.43. The van der Waals surface area contributed by atoms with Gasteiger partial charge in [-0.2, -0.15) is 0 Å². The van der Waals surface area contributed by atoms with E-state index in [1.807, 2.05) is 0 Å². The number of nitrogens with zero attached hydrogens (tertiary/aromatic N) is 2. The summed E-state index contributed by atoms with van der Waals surface area (Å²) in [6.45, 7) is 8.28. The summed E-state index contributed by atoms with van der Waals surface area (Å²) in [7, 11) is 5.03. The topological polar surface area (TPSA) is 164 Å². The highest BCUT2D eigenvalue weighted by molar-refractivity contribution is 5.92. The van der Waals surface area contributed by atoms with Crippen LogP contribution in [-0.4, -0.2) is 136 Å². The number of imide groups is 1. The highest BCUT2D eigenvalue weighted by Gasteiger charge is 2.72. The standard InChI is InChI=1S/C31H51N5O9/c1-20(2)9-10-23-30(3,45-23)27-26(41-6)22(11-12-31(27)19-43-31)44-29(40)36-14-7-8-21(36)18-42-28(39)34-25(38)17-35(5)15-13-33-24(37)16-32-4/h9,21-23,26-27,32H,7-8,10-19H2,1-6H3,(H,33,37)(H,34,38,39)/t21-,22?,23+,26?,27?,30-,31-/m0/s1. The first-order valence-corrected chi connectivity index (χ1v) is 15.9. The molecule has 0 aromatic rings. The lowest BCUT2D eigenvalue weighted by molar-refractivity contribution is -0.122. The molecule has 4 fully saturated rings. The van der Waals surface area contributed by atoms with Gasteiger partial charge in [-0.15, -0.1) is 0 Å². The molecule has 0 bridgehead atoms. The number of allylic oxidation sites excluding steroid dienone is 1. The van der Waals surface area contributed by atoms with Crippen LogP contribution in [0.2, 0.25) is 0 Å². The van der Waals surface area contributed by atoms with E-state index in [0.29, 0.717) is 39.1 Å². The smallest absolute Gasteiger partial charge is 0.413 e. The van der Waals surface area contributed by atoms with Crippen molar-refractivity contribution in [1.82, 2.24) is 25.8 Å². The maximum atomic E-state index is 13.4. The Hall–Kier alpha value is -2.78. The average Bonchev–Trinajstić information content (AvgIpc) is 3.83. The fourth-order valence-electron chi connectivity index (χ4n) is 6.81. The van der Waals surface area contributed by atoms with Gasteiger partial charge in [0.15, 0.2) is 0 Å². The van der Waals surface area contributed by atoms with E-state index in [1.54, 1.807) is 31.0 Å². The molecule has 3 heterocycles. The van der Waals surface area contributed by atoms with Gasteiger partial charge in [-0.25, -0.2) is 9.59 Å². The van der Waals surface area contributed by atoms with Crippen molar-refractivity contribution in [2.24, 2.45) is 5.92 Å². The third kappa shape index (κ3) is 8.94. The van der Waals surface area contributed by atoms with E-state index in [1.165, 1.54) is 5.57 Å². The number of carbonyl (C=O) groups excluding carboxylic acids is 4. The van der Waals surface area contributed by atoms with E-state index in [2.05, 4.69) is 42.8 Å². The number of amides is 4. The molecule has 7 atom stereocenters. The molecule has 4 amide bonds. The lowest BCUT2D eigenvalue weighted by atomic mass is 9.68. The fraction of sp³-hybridized carbons (Fsp3) is 0.806. The predicted molar refractivity (Wildman–Crippen MR) is 163 cm³/mol. The zero-order valence-corrected chi connectivity index (χ0v) is 27.5. The molecular formula is C31H51N5O9. The molecule has 3 aliphatic heterocycles. The van der Waals surface area contributed by atoms with Gasteiger partial charge in [-0.1, -0.05) is 11.6 Å². The van der Waals surface area contributed by atoms with Crippen LogP contribution in [0.3, 0.4) is 0 Å². The zero-order valence-electron chi connectivity index (χ0n) is 27.5. The van der Waals surface area contributed by atoms with E-state index in [9.17, 15) is 19.2 Å². The Morgan fingerprint density at radius 3 is 2.58 bits per heavy atom. The lowest BCUT2D eigenvalue weighted by Crippen LogP contribution is -2.56. The van der Waals surface area contributed by atoms with Crippen molar-refractivity contribution in [3.63, 3.8) is 0 Å². The van der Waals surface area contributed by atoms with E-state index < -0.39 is 29.8 Å². The summed E-state index contributed by atoms with van der Waals surface area (Å²) < 4.78 is 29.7. The van der Waals surface area contributed by atoms with Crippen LogP contribution >= 0.6 is 0 Å². The van der Waals surface area contributed by atoms with Crippen molar-refractivity contribution in [3.8, 4) is 0 Å². The summed E-state index contributed by atoms with van der Waals surface area (Å²) in [6.07, 6.45) is 3.62. The van der Waals surface area contributed by atoms with Crippen LogP contribution in [0.5, 0.6) is 0 Å². The summed E-state index contributed by atoms with van der Waals surface area (Å²) in [5.41, 5.74) is 0.494. The maximum Gasteiger partial charge on any atom is 0.413 e. The first kappa shape index (κ1) is 35.1. The minimum Gasteiger partial charge on any atom is -0.447 e. The molecule has 1 spiro atoms. The van der Waals surface area contributed by atoms with Crippen LogP contribution < -0.4 is 16.0 Å². The van der Waals surface area contributed by atoms with Crippen molar-refractivity contribution in [2.45, 2.75) is 88.4 Å². The van der Waals surface area contributed by atoms with Crippen molar-refractivity contribution in [1.29, 1.82) is 0 Å². The second-order valence-corrected chi connectivity index (χ2v) is 13.1. The molecule has 14 heteroatoms. The molecule has 45 heavy (non-hydrogen) atoms. The Labute approximate surface area is 265 Å². The molecule has 0 aromatic carbocycles. The van der Waals surface area contributed by atoms with E-state index in [4.69, 9.17) is 23.7 Å². The van der Waals surface area contributed by atoms with Crippen LogP contribution in [0.25, 0.3) is 0 Å². The molecule has 14 nitrogen and oxygen atoms in total. The number of likely N-dealkylation sites (tertiary alicyclic amines) is 1. The molecule has 3 saturated heterocycles. The summed E-state index contributed by atoms with van der Waals surface area (Å²) in [4.78, 5) is 52.8. The van der Waals surface area contributed by atoms with Crippen LogP contribution in [-0.2, 0) is 33.3 Å². The van der Waals surface area contributed by atoms with Crippen LogP contribution in [0.15, 0.2) is 11.6 Å². The van der Waals surface area contributed by atoms with Crippen LogP contribution in [0.1, 0.15) is 52.9 Å². The molecule has 3 N–H and O–H groups in total. The van der Waals surface area contributed by atoms with E-state index >= 15 is 0 Å². The van der Waals surface area contributed by atoms with Crippen molar-refractivity contribution < 1.29 is 42.9 Å². The molecule has 4 aliphatic rings. The van der Waals surface area contributed by atoms with Crippen molar-refractivity contribution >= 4 is 24.0 Å². The monoisotopic (exact) mass is 637 g/mol. The minimum atomic E-state index is -0.874. The molecular weight excluding hydrogens is 586 g/mol. The fourth-order valence-corrected chi connectivity index (χ4v) is 6.81. The van der Waals surface area contributed by atoms with Gasteiger partial charge >= 0.3 is 12.2 Å². The van der Waals surface area contributed by atoms with Gasteiger partial charge in [0, 0.05) is 26.7 Å². The molecule has 0 aromatic heterocycles. The molecule has 1 saturated carbocycles. The first-order valence-electron chi connectivity index (χ1n) is 15.9. The van der Waals surface area contributed by atoms with Gasteiger partial charge in [-0.3, -0.25) is 19.8 Å². The Kier molecular flexibility index (Phi) is 11.9. The number of hydrogen-bond acceptors (Lipinski definition) is 11. The van der Waals surface area contributed by atoms with Gasteiger partial charge in [0.2, 0.25) is 11.8 Å². The quantitative estimate of drug-likeness (QED) is 0.185. The van der Waals surface area contributed by atoms with E-state index in [-0.39, 0.29) is 55.4 Å². The van der Waals surface area contributed by atoms with Crippen molar-refractivity contribution in [3.05, 3.63) is 11.6 Å². The first-order chi connectivity index (χ1) is 21.4. The number of epoxide rings is 2. The Balaban J connectivity index is 1.24. The number of likely N-dealkylation sites (N-methyl/N-ethyl adjacent to an activating group) is 2. The summed E-state index contributed by atoms with van der Waals surface area (Å²) >= 11 is 0. The maximum absolute atomic E-state index is 13.4. The van der Waals surface area contributed by atoms with Gasteiger partial charge < -0.3 is 39.2 Å². The normalized spacial score (nSPS) is 31.8. The van der Waals surface area contributed by atoms with Crippen molar-refractivity contribution in [2.75, 3.05) is 67.1 Å². The number of ether oxygens (including phenoxy) is 5. The number of methoxy groups -OCH3 is 1. The number of rotatable bonds is 14. The third-order valence-corrected chi connectivity index (χ3v) is 9.32. The van der Waals surface area contributed by atoms with Gasteiger partial charge in [0.1, 0.15) is 30.0 Å². The number of carbonyl (C=O) groups is 4. The molecule has 254 valence electrons. The number of nitrogens with one attached hydrogen (secondary N) is 3. The highest BCUT2D eigenvalue weighted by Crippen LogP contribution is 2.59. The second kappa shape index (κ2) is 15.2. The summed E-state index contributed by atoms with van der Waals surface area (Å²) in [6, 6.07) is -0.363. The third-order valence-electron chi connectivity index (χ3n) is 9.32. The summed E-state index contributed by atoms with van der Waals surface area (Å²) in [5, 5.41) is 7.70. The van der Waals surface area contributed by atoms with Gasteiger partial charge in [0.05, 0.1) is 37.8 Å². The minimum absolute atomic E-state index is 0.0476. The predicted octanol–water partition coefficient (Wildman–Crippen LogP) is 1.18. The Bertz CT molecular complexity index is 1110. The SMILES string of the molecule is CNCC(=O)NCCN(C)CC(=O)NC(=O)OC[C@@H]1CCCN1C(=O)OC1CC[C@]2(CO2)C([C@@]2(C)O[C@@H]2CC=C(C)C)C1OC. The number of alkyl carbamates (subject to hydrolysis) is 1. The zero-order chi connectivity index (χ0) is 32.8. The molecule has 4 rings (SSSR count). The van der Waals surface area contributed by atoms with Crippen LogP contribution in [0.4, 0.5) is 9.59 Å². The Morgan fingerprint density at radius 1 is 1.16 bits per heavy atom. The summed E-state index contributed by atoms with van der Waals surface area (Å²) in [5.74, 6) is -0.747. The second-order valence-electron chi connectivity index (χ2n) is 13.1. The largest absolute Gasteiger partial charge is 0.447 e. The molecule has 0 radical (unpaired) electrons. The van der Waals surface area contributed by atoms with Gasteiger partial charge in [-0.05, 0) is 67.0 Å². The van der Waals surface area contributed by atoms with Crippen LogP contribution in [0, 0.1) is 5.92 Å². The van der Waals surface area contributed by atoms with Gasteiger partial charge in [0.25, 0.3) is 0 Å². The average molecular weight is 638 g/mol. The van der Waals surface area contributed by atoms with E-state index in [0.717, 1.165) is 19.3 Å². The molecule has 3 unspecified atom stereocenters. The number of hydrogen-bond donors (Lipinski definition) is 3. The Morgan fingerprint density at radius 2 is 1.91 bits per heavy atom.